The minimum atomic E-state index is -0.895. The van der Waals surface area contributed by atoms with Crippen LogP contribution in [0.3, 0.4) is 0 Å². The molecule has 0 bridgehead atoms. The van der Waals surface area contributed by atoms with Crippen molar-refractivity contribution in [3.05, 3.63) is 70.0 Å². The number of rotatable bonds is 5. The largest absolute Gasteiger partial charge is 0.310 e. The molecule has 1 N–H and O–H groups in total. The third-order valence-electron chi connectivity index (χ3n) is 3.24. The maximum absolute atomic E-state index is 13.8. The van der Waals surface area contributed by atoms with Crippen LogP contribution in [0.25, 0.3) is 0 Å². The highest BCUT2D eigenvalue weighted by Gasteiger charge is 2.18. The van der Waals surface area contributed by atoms with Gasteiger partial charge in [-0.2, -0.15) is 0 Å². The fraction of sp³-hybridized carbons (Fsp3) is 0.250. The smallest absolute Gasteiger partial charge is 0.162 e. The van der Waals surface area contributed by atoms with Gasteiger partial charge in [-0.1, -0.05) is 30.7 Å². The van der Waals surface area contributed by atoms with Gasteiger partial charge < -0.3 is 5.32 Å². The van der Waals surface area contributed by atoms with Gasteiger partial charge in [-0.3, -0.25) is 0 Å². The summed E-state index contributed by atoms with van der Waals surface area (Å²) in [7, 11) is 0. The Kier molecular flexibility index (Phi) is 5.26. The average Bonchev–Trinajstić information content (AvgIpc) is 2.46. The van der Waals surface area contributed by atoms with Crippen LogP contribution in [0, 0.1) is 17.5 Å². The first-order valence-electron chi connectivity index (χ1n) is 6.64. The fourth-order valence-corrected chi connectivity index (χ4v) is 2.50. The average molecular weight is 314 g/mol. The van der Waals surface area contributed by atoms with Crippen molar-refractivity contribution in [3.63, 3.8) is 0 Å². The summed E-state index contributed by atoms with van der Waals surface area (Å²) < 4.78 is 40.5. The van der Waals surface area contributed by atoms with Crippen LogP contribution in [0.5, 0.6) is 0 Å². The van der Waals surface area contributed by atoms with E-state index in [0.717, 1.165) is 6.07 Å². The molecule has 2 aromatic carbocycles. The molecule has 0 saturated carbocycles. The van der Waals surface area contributed by atoms with Gasteiger partial charge in [0.2, 0.25) is 0 Å². The highest BCUT2D eigenvalue weighted by Crippen LogP contribution is 2.27. The van der Waals surface area contributed by atoms with E-state index in [1.807, 2.05) is 6.92 Å². The Hall–Kier alpha value is -1.52. The molecule has 0 radical (unpaired) electrons. The summed E-state index contributed by atoms with van der Waals surface area (Å²) in [6.07, 6.45) is 0.181. The maximum atomic E-state index is 13.8. The van der Waals surface area contributed by atoms with Crippen molar-refractivity contribution in [2.24, 2.45) is 0 Å². The third kappa shape index (κ3) is 3.77. The number of hydrogen-bond acceptors (Lipinski definition) is 1. The quantitative estimate of drug-likeness (QED) is 0.847. The molecule has 0 amide bonds. The predicted octanol–water partition coefficient (Wildman–Crippen LogP) is 4.65. The number of halogens is 4. The highest BCUT2D eigenvalue weighted by molar-refractivity contribution is 6.31. The van der Waals surface area contributed by atoms with Gasteiger partial charge in [-0.15, -0.1) is 0 Å². The highest BCUT2D eigenvalue weighted by atomic mass is 35.5. The third-order valence-corrected chi connectivity index (χ3v) is 3.58. The summed E-state index contributed by atoms with van der Waals surface area (Å²) in [5.74, 6) is -2.20. The van der Waals surface area contributed by atoms with Crippen molar-refractivity contribution < 1.29 is 13.2 Å². The molecule has 2 rings (SSSR count). The van der Waals surface area contributed by atoms with Gasteiger partial charge in [0.1, 0.15) is 5.82 Å². The Bertz CT molecular complexity index is 631. The zero-order valence-electron chi connectivity index (χ0n) is 11.5. The minimum Gasteiger partial charge on any atom is -0.310 e. The molecule has 2 aromatic rings. The van der Waals surface area contributed by atoms with Crippen LogP contribution in [-0.4, -0.2) is 6.54 Å². The Morgan fingerprint density at radius 3 is 2.62 bits per heavy atom. The molecule has 1 atom stereocenters. The summed E-state index contributed by atoms with van der Waals surface area (Å²) in [6.45, 7) is 2.47. The van der Waals surface area contributed by atoms with E-state index < -0.39 is 23.5 Å². The summed E-state index contributed by atoms with van der Waals surface area (Å²) in [5, 5.41) is 3.51. The van der Waals surface area contributed by atoms with E-state index in [-0.39, 0.29) is 12.0 Å². The first kappa shape index (κ1) is 15.9. The van der Waals surface area contributed by atoms with E-state index in [9.17, 15) is 13.2 Å². The summed E-state index contributed by atoms with van der Waals surface area (Å²) in [6, 6.07) is 7.66. The number of benzene rings is 2. The van der Waals surface area contributed by atoms with E-state index >= 15 is 0 Å². The lowest BCUT2D eigenvalue weighted by Crippen LogP contribution is -2.24. The first-order chi connectivity index (χ1) is 10.0. The number of nitrogens with one attached hydrogen (secondary N) is 1. The van der Waals surface area contributed by atoms with E-state index in [0.29, 0.717) is 17.1 Å². The fourth-order valence-electron chi connectivity index (χ4n) is 2.25. The molecule has 0 heterocycles. The molecule has 0 aliphatic heterocycles. The molecule has 0 aliphatic carbocycles. The van der Waals surface area contributed by atoms with Gasteiger partial charge in [0, 0.05) is 11.1 Å². The van der Waals surface area contributed by atoms with Gasteiger partial charge in [0.05, 0.1) is 0 Å². The second kappa shape index (κ2) is 6.96. The molecular formula is C16H15ClF3N. The zero-order chi connectivity index (χ0) is 15.4. The molecule has 112 valence electrons. The van der Waals surface area contributed by atoms with Crippen molar-refractivity contribution >= 4 is 11.6 Å². The molecule has 0 fully saturated rings. The monoisotopic (exact) mass is 313 g/mol. The Labute approximate surface area is 126 Å². The standard InChI is InChI=1S/C16H15ClF3N/c1-2-21-15(12-9-11(18)6-7-13(12)17)8-10-4-3-5-14(19)16(10)20/h3-7,9,15,21H,2,8H2,1H3. The summed E-state index contributed by atoms with van der Waals surface area (Å²) in [5.41, 5.74) is 0.753. The van der Waals surface area contributed by atoms with E-state index in [1.54, 1.807) is 0 Å². The summed E-state index contributed by atoms with van der Waals surface area (Å²) >= 11 is 6.09. The Balaban J connectivity index is 2.35. The minimum absolute atomic E-state index is 0.181. The normalized spacial score (nSPS) is 12.4. The second-order valence-electron chi connectivity index (χ2n) is 4.69. The SMILES string of the molecule is CCNC(Cc1cccc(F)c1F)c1cc(F)ccc1Cl. The molecule has 0 spiro atoms. The van der Waals surface area contributed by atoms with Crippen molar-refractivity contribution in [1.29, 1.82) is 0 Å². The van der Waals surface area contributed by atoms with Crippen LogP contribution < -0.4 is 5.32 Å². The number of likely N-dealkylation sites (N-methyl/N-ethyl adjacent to an activating group) is 1. The van der Waals surface area contributed by atoms with E-state index in [1.165, 1.54) is 30.3 Å². The Morgan fingerprint density at radius 2 is 1.90 bits per heavy atom. The van der Waals surface area contributed by atoms with Crippen molar-refractivity contribution in [1.82, 2.24) is 5.32 Å². The lowest BCUT2D eigenvalue weighted by molar-refractivity contribution is 0.480. The molecule has 21 heavy (non-hydrogen) atoms. The second-order valence-corrected chi connectivity index (χ2v) is 5.10. The van der Waals surface area contributed by atoms with Gasteiger partial charge in [-0.05, 0) is 48.4 Å². The van der Waals surface area contributed by atoms with Crippen LogP contribution in [-0.2, 0) is 6.42 Å². The van der Waals surface area contributed by atoms with Gasteiger partial charge in [0.15, 0.2) is 11.6 Å². The lowest BCUT2D eigenvalue weighted by atomic mass is 9.98. The van der Waals surface area contributed by atoms with E-state index in [2.05, 4.69) is 5.32 Å². The van der Waals surface area contributed by atoms with E-state index in [4.69, 9.17) is 11.6 Å². The molecule has 0 aliphatic rings. The molecular weight excluding hydrogens is 299 g/mol. The van der Waals surface area contributed by atoms with Crippen LogP contribution in [0.4, 0.5) is 13.2 Å². The topological polar surface area (TPSA) is 12.0 Å². The van der Waals surface area contributed by atoms with Gasteiger partial charge in [0.25, 0.3) is 0 Å². The van der Waals surface area contributed by atoms with Crippen molar-refractivity contribution in [3.8, 4) is 0 Å². The van der Waals surface area contributed by atoms with Crippen LogP contribution in [0.15, 0.2) is 36.4 Å². The molecule has 1 nitrogen and oxygen atoms in total. The van der Waals surface area contributed by atoms with Gasteiger partial charge in [-0.25, -0.2) is 13.2 Å². The summed E-state index contributed by atoms with van der Waals surface area (Å²) in [4.78, 5) is 0. The van der Waals surface area contributed by atoms with Crippen LogP contribution in [0.2, 0.25) is 5.02 Å². The van der Waals surface area contributed by atoms with Gasteiger partial charge >= 0.3 is 0 Å². The maximum Gasteiger partial charge on any atom is 0.162 e. The van der Waals surface area contributed by atoms with Crippen molar-refractivity contribution in [2.75, 3.05) is 6.54 Å². The molecule has 0 aromatic heterocycles. The van der Waals surface area contributed by atoms with Crippen LogP contribution >= 0.6 is 11.6 Å². The Morgan fingerprint density at radius 1 is 1.14 bits per heavy atom. The lowest BCUT2D eigenvalue weighted by Gasteiger charge is -2.20. The van der Waals surface area contributed by atoms with Crippen molar-refractivity contribution in [2.45, 2.75) is 19.4 Å². The zero-order valence-corrected chi connectivity index (χ0v) is 12.2. The molecule has 1 unspecified atom stereocenters. The predicted molar refractivity (Wildman–Crippen MR) is 77.9 cm³/mol. The molecule has 5 heteroatoms. The first-order valence-corrected chi connectivity index (χ1v) is 7.02. The molecule has 0 saturated heterocycles. The number of hydrogen-bond donors (Lipinski definition) is 1. The van der Waals surface area contributed by atoms with Crippen LogP contribution in [0.1, 0.15) is 24.1 Å².